The number of likely N-dealkylation sites (tertiary alicyclic amines) is 1. The van der Waals surface area contributed by atoms with E-state index < -0.39 is 0 Å². The number of piperidine rings is 1. The third-order valence-corrected chi connectivity index (χ3v) is 3.16. The number of anilines is 1. The number of aliphatic hydroxyl groups is 1. The molecule has 0 aromatic carbocycles. The number of aliphatic hydroxyl groups excluding tert-OH is 1. The van der Waals surface area contributed by atoms with Crippen LogP contribution in [-0.4, -0.2) is 51.6 Å². The summed E-state index contributed by atoms with van der Waals surface area (Å²) in [5.74, 6) is 0.518. The van der Waals surface area contributed by atoms with Crippen LogP contribution in [-0.2, 0) is 0 Å². The second-order valence-electron chi connectivity index (χ2n) is 4.74. The van der Waals surface area contributed by atoms with Gasteiger partial charge in [-0.3, -0.25) is 9.78 Å². The minimum Gasteiger partial charge on any atom is -0.393 e. The fraction of sp³-hybridized carbons (Fsp3) is 0.615. The van der Waals surface area contributed by atoms with Crippen molar-refractivity contribution in [2.24, 2.45) is 0 Å². The molecule has 0 atom stereocenters. The monoisotopic (exact) mass is 264 g/mol. The first kappa shape index (κ1) is 13.7. The average molecular weight is 264 g/mol. The van der Waals surface area contributed by atoms with E-state index in [2.05, 4.69) is 22.2 Å². The van der Waals surface area contributed by atoms with Crippen molar-refractivity contribution in [3.05, 3.63) is 18.1 Å². The number of hydrogen-bond donors (Lipinski definition) is 2. The van der Waals surface area contributed by atoms with Gasteiger partial charge in [0.25, 0.3) is 5.91 Å². The van der Waals surface area contributed by atoms with Crippen molar-refractivity contribution in [1.29, 1.82) is 0 Å². The van der Waals surface area contributed by atoms with Crippen LogP contribution in [0.5, 0.6) is 0 Å². The molecule has 1 aliphatic rings. The first-order valence-corrected chi connectivity index (χ1v) is 6.74. The van der Waals surface area contributed by atoms with Gasteiger partial charge in [0.05, 0.1) is 18.5 Å². The molecule has 0 spiro atoms. The Bertz CT molecular complexity index is 430. The summed E-state index contributed by atoms with van der Waals surface area (Å²) in [6, 6.07) is 0. The molecule has 0 unspecified atom stereocenters. The van der Waals surface area contributed by atoms with E-state index in [-0.39, 0.29) is 12.0 Å². The molecule has 1 aromatic heterocycles. The molecule has 1 fully saturated rings. The molecule has 1 aliphatic heterocycles. The number of hydrogen-bond acceptors (Lipinski definition) is 5. The van der Waals surface area contributed by atoms with E-state index in [0.29, 0.717) is 37.4 Å². The highest BCUT2D eigenvalue weighted by Gasteiger charge is 2.23. The van der Waals surface area contributed by atoms with Gasteiger partial charge in [0, 0.05) is 19.6 Å². The number of aromatic nitrogens is 2. The van der Waals surface area contributed by atoms with Gasteiger partial charge in [0.2, 0.25) is 0 Å². The quantitative estimate of drug-likeness (QED) is 0.844. The molecule has 0 saturated carbocycles. The van der Waals surface area contributed by atoms with Gasteiger partial charge < -0.3 is 15.3 Å². The van der Waals surface area contributed by atoms with Crippen LogP contribution in [0.15, 0.2) is 12.4 Å². The van der Waals surface area contributed by atoms with E-state index in [1.54, 1.807) is 11.1 Å². The van der Waals surface area contributed by atoms with Crippen molar-refractivity contribution in [1.82, 2.24) is 14.9 Å². The zero-order chi connectivity index (χ0) is 13.7. The van der Waals surface area contributed by atoms with Crippen LogP contribution in [0, 0.1) is 0 Å². The van der Waals surface area contributed by atoms with E-state index >= 15 is 0 Å². The first-order chi connectivity index (χ1) is 9.20. The first-order valence-electron chi connectivity index (χ1n) is 6.74. The molecule has 2 heterocycles. The van der Waals surface area contributed by atoms with Crippen molar-refractivity contribution < 1.29 is 9.90 Å². The standard InChI is InChI=1S/C13H20N4O2/c1-2-5-15-12-9-14-8-11(16-12)13(19)17-6-3-10(18)4-7-17/h8-10,18H,2-7H2,1H3,(H,15,16). The number of rotatable bonds is 4. The largest absolute Gasteiger partial charge is 0.393 e. The molecule has 1 saturated heterocycles. The van der Waals surface area contributed by atoms with Crippen molar-refractivity contribution >= 4 is 11.7 Å². The predicted molar refractivity (Wildman–Crippen MR) is 72.0 cm³/mol. The van der Waals surface area contributed by atoms with Gasteiger partial charge in [-0.2, -0.15) is 0 Å². The Morgan fingerprint density at radius 1 is 1.47 bits per heavy atom. The molecule has 2 N–H and O–H groups in total. The lowest BCUT2D eigenvalue weighted by atomic mass is 10.1. The summed E-state index contributed by atoms with van der Waals surface area (Å²) in [4.78, 5) is 22.3. The molecule has 1 aromatic rings. The van der Waals surface area contributed by atoms with Crippen molar-refractivity contribution in [3.8, 4) is 0 Å². The fourth-order valence-electron chi connectivity index (χ4n) is 2.04. The lowest BCUT2D eigenvalue weighted by molar-refractivity contribution is 0.0541. The highest BCUT2D eigenvalue weighted by Crippen LogP contribution is 2.13. The maximum atomic E-state index is 12.2. The van der Waals surface area contributed by atoms with Gasteiger partial charge in [0.1, 0.15) is 11.5 Å². The van der Waals surface area contributed by atoms with Crippen molar-refractivity contribution in [2.75, 3.05) is 25.0 Å². The zero-order valence-electron chi connectivity index (χ0n) is 11.2. The van der Waals surface area contributed by atoms with E-state index in [0.717, 1.165) is 13.0 Å². The molecule has 0 aliphatic carbocycles. The lowest BCUT2D eigenvalue weighted by Crippen LogP contribution is -2.40. The third kappa shape index (κ3) is 3.64. The summed E-state index contributed by atoms with van der Waals surface area (Å²) < 4.78 is 0. The van der Waals surface area contributed by atoms with Crippen molar-refractivity contribution in [3.63, 3.8) is 0 Å². The minimum atomic E-state index is -0.285. The van der Waals surface area contributed by atoms with E-state index in [1.807, 2.05) is 0 Å². The molecule has 0 bridgehead atoms. The lowest BCUT2D eigenvalue weighted by Gasteiger charge is -2.29. The minimum absolute atomic E-state index is 0.112. The SMILES string of the molecule is CCCNc1cncc(C(=O)N2CCC(O)CC2)n1. The van der Waals surface area contributed by atoms with Gasteiger partial charge in [0.15, 0.2) is 0 Å². The Morgan fingerprint density at radius 2 is 2.21 bits per heavy atom. The molecule has 19 heavy (non-hydrogen) atoms. The molecule has 0 radical (unpaired) electrons. The predicted octanol–water partition coefficient (Wildman–Crippen LogP) is 0.895. The van der Waals surface area contributed by atoms with Crippen LogP contribution < -0.4 is 5.32 Å². The summed E-state index contributed by atoms with van der Waals surface area (Å²) >= 11 is 0. The van der Waals surface area contributed by atoms with E-state index in [9.17, 15) is 9.90 Å². The normalized spacial score (nSPS) is 16.4. The van der Waals surface area contributed by atoms with E-state index in [1.165, 1.54) is 6.20 Å². The van der Waals surface area contributed by atoms with Crippen LogP contribution >= 0.6 is 0 Å². The Balaban J connectivity index is 2.02. The number of amides is 1. The Labute approximate surface area is 112 Å². The van der Waals surface area contributed by atoms with Gasteiger partial charge in [-0.05, 0) is 19.3 Å². The zero-order valence-corrected chi connectivity index (χ0v) is 11.2. The molecule has 6 nitrogen and oxygen atoms in total. The summed E-state index contributed by atoms with van der Waals surface area (Å²) in [7, 11) is 0. The maximum absolute atomic E-state index is 12.2. The van der Waals surface area contributed by atoms with Crippen LogP contribution in [0.1, 0.15) is 36.7 Å². The second kappa shape index (κ2) is 6.47. The molecule has 104 valence electrons. The molecule has 6 heteroatoms. The summed E-state index contributed by atoms with van der Waals surface area (Å²) in [6.07, 6.45) is 5.08. The van der Waals surface area contributed by atoms with Crippen LogP contribution in [0.4, 0.5) is 5.82 Å². The Morgan fingerprint density at radius 3 is 2.89 bits per heavy atom. The van der Waals surface area contributed by atoms with E-state index in [4.69, 9.17) is 0 Å². The summed E-state index contributed by atoms with van der Waals surface area (Å²) in [5, 5.41) is 12.6. The number of carbonyl (C=O) groups is 1. The molecule has 1 amide bonds. The summed E-state index contributed by atoms with van der Waals surface area (Å²) in [6.45, 7) is 4.03. The van der Waals surface area contributed by atoms with Gasteiger partial charge >= 0.3 is 0 Å². The summed E-state index contributed by atoms with van der Waals surface area (Å²) in [5.41, 5.74) is 0.359. The average Bonchev–Trinajstić information content (AvgIpc) is 2.45. The molecule has 2 rings (SSSR count). The van der Waals surface area contributed by atoms with Crippen LogP contribution in [0.3, 0.4) is 0 Å². The highest BCUT2D eigenvalue weighted by molar-refractivity contribution is 5.92. The van der Waals surface area contributed by atoms with Crippen LogP contribution in [0.25, 0.3) is 0 Å². The second-order valence-corrected chi connectivity index (χ2v) is 4.74. The third-order valence-electron chi connectivity index (χ3n) is 3.16. The number of nitrogens with zero attached hydrogens (tertiary/aromatic N) is 3. The molecular formula is C13H20N4O2. The van der Waals surface area contributed by atoms with Crippen LogP contribution in [0.2, 0.25) is 0 Å². The fourth-order valence-corrected chi connectivity index (χ4v) is 2.04. The maximum Gasteiger partial charge on any atom is 0.274 e. The van der Waals surface area contributed by atoms with Crippen molar-refractivity contribution in [2.45, 2.75) is 32.3 Å². The van der Waals surface area contributed by atoms with Gasteiger partial charge in [-0.1, -0.05) is 6.92 Å². The number of carbonyl (C=O) groups excluding carboxylic acids is 1. The highest BCUT2D eigenvalue weighted by atomic mass is 16.3. The van der Waals surface area contributed by atoms with Gasteiger partial charge in [-0.15, -0.1) is 0 Å². The van der Waals surface area contributed by atoms with Gasteiger partial charge in [-0.25, -0.2) is 4.98 Å². The topological polar surface area (TPSA) is 78.4 Å². The number of nitrogens with one attached hydrogen (secondary N) is 1. The smallest absolute Gasteiger partial charge is 0.274 e. The Kier molecular flexibility index (Phi) is 4.68. The Hall–Kier alpha value is -1.69. The molecular weight excluding hydrogens is 244 g/mol.